The van der Waals surface area contributed by atoms with E-state index in [-0.39, 0.29) is 5.56 Å². The molecule has 0 aromatic heterocycles. The van der Waals surface area contributed by atoms with Crippen LogP contribution in [0.5, 0.6) is 0 Å². The summed E-state index contributed by atoms with van der Waals surface area (Å²) in [4.78, 5) is 23.0. The van der Waals surface area contributed by atoms with Gasteiger partial charge in [0, 0.05) is 0 Å². The molecule has 0 bridgehead atoms. The van der Waals surface area contributed by atoms with E-state index in [9.17, 15) is 14.0 Å². The van der Waals surface area contributed by atoms with Crippen LogP contribution in [0.1, 0.15) is 15.9 Å². The highest BCUT2D eigenvalue weighted by molar-refractivity contribution is 5.95. The Labute approximate surface area is 116 Å². The van der Waals surface area contributed by atoms with Crippen molar-refractivity contribution in [2.75, 3.05) is 0 Å². The van der Waals surface area contributed by atoms with Gasteiger partial charge in [-0.1, -0.05) is 42.5 Å². The molecular weight excluding hydrogens is 257 g/mol. The fourth-order valence-corrected chi connectivity index (χ4v) is 1.89. The van der Waals surface area contributed by atoms with Gasteiger partial charge in [0.25, 0.3) is 5.91 Å². The Balaban J connectivity index is 2.05. The average molecular weight is 271 g/mol. The molecule has 0 fully saturated rings. The van der Waals surface area contributed by atoms with Gasteiger partial charge in [0.1, 0.15) is 12.1 Å². The maximum absolute atomic E-state index is 13.5. The first-order chi connectivity index (χ1) is 9.70. The summed E-state index contributed by atoms with van der Waals surface area (Å²) in [6, 6.07) is 14.3. The predicted molar refractivity (Wildman–Crippen MR) is 73.9 cm³/mol. The number of amides is 1. The normalized spacial score (nSPS) is 11.7. The number of hydrogen-bond donors (Lipinski definition) is 1. The Morgan fingerprint density at radius 3 is 2.40 bits per heavy atom. The van der Waals surface area contributed by atoms with Crippen molar-refractivity contribution in [3.8, 4) is 0 Å². The number of rotatable bonds is 5. The zero-order valence-corrected chi connectivity index (χ0v) is 10.8. The van der Waals surface area contributed by atoms with Crippen molar-refractivity contribution in [3.63, 3.8) is 0 Å². The number of halogens is 1. The molecule has 0 spiro atoms. The van der Waals surface area contributed by atoms with Crippen LogP contribution in [0.25, 0.3) is 0 Å². The minimum atomic E-state index is -0.676. The first kappa shape index (κ1) is 13.9. The summed E-state index contributed by atoms with van der Waals surface area (Å²) in [5, 5.41) is 2.53. The van der Waals surface area contributed by atoms with E-state index in [1.807, 2.05) is 30.3 Å². The molecular formula is C16H14FNO2. The fraction of sp³-hybridized carbons (Fsp3) is 0.125. The molecule has 0 radical (unpaired) electrons. The van der Waals surface area contributed by atoms with Gasteiger partial charge in [0.15, 0.2) is 0 Å². The maximum atomic E-state index is 13.5. The van der Waals surface area contributed by atoms with Gasteiger partial charge >= 0.3 is 0 Å². The van der Waals surface area contributed by atoms with E-state index in [1.165, 1.54) is 18.2 Å². The molecule has 0 saturated heterocycles. The van der Waals surface area contributed by atoms with Gasteiger partial charge in [-0.25, -0.2) is 4.39 Å². The summed E-state index contributed by atoms with van der Waals surface area (Å²) in [6.45, 7) is 0. The molecule has 102 valence electrons. The lowest BCUT2D eigenvalue weighted by atomic mass is 10.1. The zero-order chi connectivity index (χ0) is 14.4. The van der Waals surface area contributed by atoms with Crippen LogP contribution >= 0.6 is 0 Å². The third kappa shape index (κ3) is 3.51. The number of carbonyl (C=O) groups excluding carboxylic acids is 2. The summed E-state index contributed by atoms with van der Waals surface area (Å²) in [5.74, 6) is -1.19. The summed E-state index contributed by atoms with van der Waals surface area (Å²) >= 11 is 0. The topological polar surface area (TPSA) is 46.2 Å². The van der Waals surface area contributed by atoms with Crippen molar-refractivity contribution in [1.29, 1.82) is 0 Å². The summed E-state index contributed by atoms with van der Waals surface area (Å²) in [6.07, 6.45) is 1.04. The predicted octanol–water partition coefficient (Wildman–Crippen LogP) is 2.37. The van der Waals surface area contributed by atoms with Crippen LogP contribution < -0.4 is 5.32 Å². The standard InChI is InChI=1S/C16H14FNO2/c17-15-9-5-4-8-14(15)16(20)18-13(11-19)10-12-6-2-1-3-7-12/h1-9,11,13H,10H2,(H,18,20). The van der Waals surface area contributed by atoms with E-state index in [2.05, 4.69) is 5.32 Å². The maximum Gasteiger partial charge on any atom is 0.254 e. The molecule has 1 atom stereocenters. The molecule has 2 aromatic rings. The summed E-state index contributed by atoms with van der Waals surface area (Å²) in [5.41, 5.74) is 0.867. The number of hydrogen-bond acceptors (Lipinski definition) is 2. The van der Waals surface area contributed by atoms with Gasteiger partial charge in [-0.3, -0.25) is 4.79 Å². The molecule has 2 rings (SSSR count). The van der Waals surface area contributed by atoms with E-state index in [1.54, 1.807) is 6.07 Å². The van der Waals surface area contributed by atoms with Crippen LogP contribution in [0, 0.1) is 5.82 Å². The van der Waals surface area contributed by atoms with E-state index in [0.717, 1.165) is 5.56 Å². The number of nitrogens with one attached hydrogen (secondary N) is 1. The minimum Gasteiger partial charge on any atom is -0.342 e. The highest BCUT2D eigenvalue weighted by Gasteiger charge is 2.16. The molecule has 1 amide bonds. The molecule has 2 aromatic carbocycles. The minimum absolute atomic E-state index is 0.0626. The van der Waals surface area contributed by atoms with Crippen molar-refractivity contribution in [2.45, 2.75) is 12.5 Å². The van der Waals surface area contributed by atoms with E-state index >= 15 is 0 Å². The van der Waals surface area contributed by atoms with Gasteiger partial charge in [-0.15, -0.1) is 0 Å². The van der Waals surface area contributed by atoms with Gasteiger partial charge in [0.2, 0.25) is 0 Å². The zero-order valence-electron chi connectivity index (χ0n) is 10.8. The van der Waals surface area contributed by atoms with Crippen LogP contribution in [0.4, 0.5) is 4.39 Å². The van der Waals surface area contributed by atoms with E-state index in [4.69, 9.17) is 0 Å². The number of aldehydes is 1. The second kappa shape index (κ2) is 6.61. The molecule has 0 aliphatic rings. The lowest BCUT2D eigenvalue weighted by Gasteiger charge is -2.13. The number of benzene rings is 2. The van der Waals surface area contributed by atoms with Crippen molar-refractivity contribution in [3.05, 3.63) is 71.5 Å². The van der Waals surface area contributed by atoms with E-state index in [0.29, 0.717) is 12.7 Å². The Hall–Kier alpha value is -2.49. The third-order valence-electron chi connectivity index (χ3n) is 2.90. The van der Waals surface area contributed by atoms with E-state index < -0.39 is 17.8 Å². The second-order valence-electron chi connectivity index (χ2n) is 4.39. The van der Waals surface area contributed by atoms with Crippen molar-refractivity contribution in [1.82, 2.24) is 5.32 Å². The smallest absolute Gasteiger partial charge is 0.254 e. The van der Waals surface area contributed by atoms with Crippen molar-refractivity contribution < 1.29 is 14.0 Å². The fourth-order valence-electron chi connectivity index (χ4n) is 1.89. The lowest BCUT2D eigenvalue weighted by molar-refractivity contribution is -0.109. The molecule has 20 heavy (non-hydrogen) atoms. The molecule has 3 nitrogen and oxygen atoms in total. The molecule has 1 unspecified atom stereocenters. The Morgan fingerprint density at radius 2 is 1.75 bits per heavy atom. The van der Waals surface area contributed by atoms with Crippen molar-refractivity contribution >= 4 is 12.2 Å². The molecule has 0 aliphatic carbocycles. The molecule has 1 N–H and O–H groups in total. The Kier molecular flexibility index (Phi) is 4.60. The van der Waals surface area contributed by atoms with Crippen LogP contribution in [0.3, 0.4) is 0 Å². The highest BCUT2D eigenvalue weighted by Crippen LogP contribution is 2.07. The SMILES string of the molecule is O=CC(Cc1ccccc1)NC(=O)c1ccccc1F. The first-order valence-electron chi connectivity index (χ1n) is 6.25. The van der Waals surface area contributed by atoms with Gasteiger partial charge in [-0.05, 0) is 24.1 Å². The van der Waals surface area contributed by atoms with Crippen LogP contribution in [-0.2, 0) is 11.2 Å². The highest BCUT2D eigenvalue weighted by atomic mass is 19.1. The summed E-state index contributed by atoms with van der Waals surface area (Å²) < 4.78 is 13.5. The molecule has 0 saturated carbocycles. The van der Waals surface area contributed by atoms with Crippen LogP contribution in [0.2, 0.25) is 0 Å². The molecule has 4 heteroatoms. The monoisotopic (exact) mass is 271 g/mol. The van der Waals surface area contributed by atoms with Crippen molar-refractivity contribution in [2.24, 2.45) is 0 Å². The molecule has 0 heterocycles. The molecule has 0 aliphatic heterocycles. The van der Waals surface area contributed by atoms with Gasteiger partial charge in [0.05, 0.1) is 11.6 Å². The number of carbonyl (C=O) groups is 2. The summed E-state index contributed by atoms with van der Waals surface area (Å²) in [7, 11) is 0. The van der Waals surface area contributed by atoms with Gasteiger partial charge in [-0.2, -0.15) is 0 Å². The third-order valence-corrected chi connectivity index (χ3v) is 2.90. The lowest BCUT2D eigenvalue weighted by Crippen LogP contribution is -2.38. The van der Waals surface area contributed by atoms with Gasteiger partial charge < -0.3 is 10.1 Å². The quantitative estimate of drug-likeness (QED) is 0.849. The Bertz CT molecular complexity index is 598. The average Bonchev–Trinajstić information content (AvgIpc) is 2.48. The first-order valence-corrected chi connectivity index (χ1v) is 6.25. The second-order valence-corrected chi connectivity index (χ2v) is 4.39. The van der Waals surface area contributed by atoms with Crippen LogP contribution in [-0.4, -0.2) is 18.2 Å². The largest absolute Gasteiger partial charge is 0.342 e. The van der Waals surface area contributed by atoms with Crippen LogP contribution in [0.15, 0.2) is 54.6 Å². The Morgan fingerprint density at radius 1 is 1.10 bits per heavy atom.